The van der Waals surface area contributed by atoms with Crippen molar-refractivity contribution in [1.82, 2.24) is 0 Å². The molecule has 5 heteroatoms. The molecule has 1 aromatic carbocycles. The second-order valence-electron chi connectivity index (χ2n) is 5.02. The Hall–Kier alpha value is -1.51. The average Bonchev–Trinajstić information content (AvgIpc) is 2.41. The van der Waals surface area contributed by atoms with E-state index in [1.165, 1.54) is 0 Å². The van der Waals surface area contributed by atoms with Crippen molar-refractivity contribution in [2.75, 3.05) is 19.0 Å². The van der Waals surface area contributed by atoms with Crippen LogP contribution in [0.2, 0.25) is 0 Å². The van der Waals surface area contributed by atoms with Gasteiger partial charge in [0.05, 0.1) is 17.6 Å². The maximum atomic E-state index is 11.7. The summed E-state index contributed by atoms with van der Waals surface area (Å²) >= 11 is 0. The zero-order valence-electron chi connectivity index (χ0n) is 12.7. The number of sulfone groups is 1. The molecule has 0 radical (unpaired) electrons. The van der Waals surface area contributed by atoms with Gasteiger partial charge in [-0.25, -0.2) is 8.42 Å². The number of hydrogen-bond donors (Lipinski definition) is 1. The molecule has 0 aliphatic carbocycles. The van der Waals surface area contributed by atoms with Crippen LogP contribution in [-0.4, -0.2) is 37.7 Å². The minimum absolute atomic E-state index is 0.0160. The Bertz CT molecular complexity index is 621. The molecule has 1 rings (SSSR count). The number of aliphatic hydroxyl groups excluding tert-OH is 1. The SMILES string of the molecule is Cc1cc(C#CCCO)ccc1OCCS(=O)(=O)C(C)C. The summed E-state index contributed by atoms with van der Waals surface area (Å²) in [5, 5.41) is 8.29. The number of benzene rings is 1. The van der Waals surface area contributed by atoms with E-state index < -0.39 is 9.84 Å². The zero-order chi connectivity index (χ0) is 15.9. The second kappa shape index (κ2) is 8.06. The van der Waals surface area contributed by atoms with E-state index in [1.807, 2.05) is 19.1 Å². The zero-order valence-corrected chi connectivity index (χ0v) is 13.5. The van der Waals surface area contributed by atoms with Crippen LogP contribution in [-0.2, 0) is 9.84 Å². The molecule has 0 fully saturated rings. The van der Waals surface area contributed by atoms with Crippen molar-refractivity contribution >= 4 is 9.84 Å². The molecule has 0 amide bonds. The molecule has 0 spiro atoms. The number of hydrogen-bond acceptors (Lipinski definition) is 4. The van der Waals surface area contributed by atoms with Gasteiger partial charge in [-0.1, -0.05) is 11.8 Å². The van der Waals surface area contributed by atoms with E-state index in [1.54, 1.807) is 19.9 Å². The highest BCUT2D eigenvalue weighted by atomic mass is 32.2. The maximum absolute atomic E-state index is 11.7. The first-order valence-corrected chi connectivity index (χ1v) is 8.63. The van der Waals surface area contributed by atoms with Crippen molar-refractivity contribution in [3.8, 4) is 17.6 Å². The third-order valence-electron chi connectivity index (χ3n) is 2.99. The first-order valence-electron chi connectivity index (χ1n) is 6.91. The number of aryl methyl sites for hydroxylation is 1. The third-order valence-corrected chi connectivity index (χ3v) is 5.16. The van der Waals surface area contributed by atoms with Gasteiger partial charge in [-0.15, -0.1) is 0 Å². The first kappa shape index (κ1) is 17.5. The van der Waals surface area contributed by atoms with Crippen LogP contribution >= 0.6 is 0 Å². The molecular formula is C16H22O4S. The van der Waals surface area contributed by atoms with Crippen LogP contribution in [0.4, 0.5) is 0 Å². The molecule has 116 valence electrons. The van der Waals surface area contributed by atoms with Gasteiger partial charge < -0.3 is 9.84 Å². The Balaban J connectivity index is 2.64. The minimum Gasteiger partial charge on any atom is -0.492 e. The summed E-state index contributed by atoms with van der Waals surface area (Å²) in [6.07, 6.45) is 0.449. The van der Waals surface area contributed by atoms with Crippen LogP contribution in [0.3, 0.4) is 0 Å². The fourth-order valence-corrected chi connectivity index (χ4v) is 2.40. The topological polar surface area (TPSA) is 63.6 Å². The molecule has 0 atom stereocenters. The van der Waals surface area contributed by atoms with Crippen LogP contribution in [0.15, 0.2) is 18.2 Å². The lowest BCUT2D eigenvalue weighted by Crippen LogP contribution is -2.22. The van der Waals surface area contributed by atoms with Crippen LogP contribution < -0.4 is 4.74 Å². The summed E-state index contributed by atoms with van der Waals surface area (Å²) in [7, 11) is -3.08. The van der Waals surface area contributed by atoms with Gasteiger partial charge in [0, 0.05) is 12.0 Å². The lowest BCUT2D eigenvalue weighted by atomic mass is 10.1. The van der Waals surface area contributed by atoms with Gasteiger partial charge in [-0.3, -0.25) is 0 Å². The number of ether oxygens (including phenoxy) is 1. The second-order valence-corrected chi connectivity index (χ2v) is 7.70. The van der Waals surface area contributed by atoms with Crippen molar-refractivity contribution < 1.29 is 18.3 Å². The fraction of sp³-hybridized carbons (Fsp3) is 0.500. The van der Waals surface area contributed by atoms with Crippen molar-refractivity contribution in [2.24, 2.45) is 0 Å². The highest BCUT2D eigenvalue weighted by molar-refractivity contribution is 7.91. The molecule has 21 heavy (non-hydrogen) atoms. The predicted molar refractivity (Wildman–Crippen MR) is 84.2 cm³/mol. The van der Waals surface area contributed by atoms with E-state index >= 15 is 0 Å². The molecule has 1 N–H and O–H groups in total. The monoisotopic (exact) mass is 310 g/mol. The standard InChI is InChI=1S/C16H22O4S/c1-13(2)21(18,19)11-10-20-16-8-7-15(12-14(16)3)6-4-5-9-17/h7-8,12-13,17H,5,9-11H2,1-3H3. The van der Waals surface area contributed by atoms with Crippen LogP contribution in [0.1, 0.15) is 31.4 Å². The molecule has 1 aromatic rings. The van der Waals surface area contributed by atoms with Crippen molar-refractivity contribution in [1.29, 1.82) is 0 Å². The largest absolute Gasteiger partial charge is 0.492 e. The van der Waals surface area contributed by atoms with E-state index in [9.17, 15) is 8.42 Å². The fourth-order valence-electron chi connectivity index (χ4n) is 1.61. The molecule has 4 nitrogen and oxygen atoms in total. The van der Waals surface area contributed by atoms with E-state index in [-0.39, 0.29) is 24.2 Å². The van der Waals surface area contributed by atoms with Gasteiger partial charge >= 0.3 is 0 Å². The molecule has 0 saturated heterocycles. The lowest BCUT2D eigenvalue weighted by Gasteiger charge is -2.11. The summed E-state index contributed by atoms with van der Waals surface area (Å²) in [5.74, 6) is 6.49. The minimum atomic E-state index is -3.08. The molecule has 0 saturated carbocycles. The van der Waals surface area contributed by atoms with Crippen molar-refractivity contribution in [2.45, 2.75) is 32.4 Å². The summed E-state index contributed by atoms with van der Waals surface area (Å²) < 4.78 is 28.9. The van der Waals surface area contributed by atoms with Gasteiger partial charge in [-0.2, -0.15) is 0 Å². The van der Waals surface area contributed by atoms with Crippen LogP contribution in [0.25, 0.3) is 0 Å². The average molecular weight is 310 g/mol. The van der Waals surface area contributed by atoms with E-state index in [0.29, 0.717) is 12.2 Å². The Labute approximate surface area is 127 Å². The number of aliphatic hydroxyl groups is 1. The Kier molecular flexibility index (Phi) is 6.73. The van der Waals surface area contributed by atoms with Crippen LogP contribution in [0, 0.1) is 18.8 Å². The summed E-state index contributed by atoms with van der Waals surface area (Å²) in [4.78, 5) is 0. The van der Waals surface area contributed by atoms with Gasteiger partial charge in [0.25, 0.3) is 0 Å². The molecule has 0 aromatic heterocycles. The first-order chi connectivity index (χ1) is 9.86. The summed E-state index contributed by atoms with van der Waals surface area (Å²) in [6, 6.07) is 5.50. The van der Waals surface area contributed by atoms with Crippen molar-refractivity contribution in [3.05, 3.63) is 29.3 Å². The van der Waals surface area contributed by atoms with Crippen molar-refractivity contribution in [3.63, 3.8) is 0 Å². The summed E-state index contributed by atoms with van der Waals surface area (Å²) in [6.45, 7) is 5.43. The highest BCUT2D eigenvalue weighted by Crippen LogP contribution is 2.19. The Morgan fingerprint density at radius 3 is 2.62 bits per heavy atom. The maximum Gasteiger partial charge on any atom is 0.155 e. The van der Waals surface area contributed by atoms with E-state index in [4.69, 9.17) is 9.84 Å². The molecule has 0 aliphatic rings. The van der Waals surface area contributed by atoms with Crippen LogP contribution in [0.5, 0.6) is 5.75 Å². The van der Waals surface area contributed by atoms with Gasteiger partial charge in [0.2, 0.25) is 0 Å². The molecule has 0 unspecified atom stereocenters. The molecule has 0 aliphatic heterocycles. The lowest BCUT2D eigenvalue weighted by molar-refractivity contribution is 0.305. The van der Waals surface area contributed by atoms with E-state index in [0.717, 1.165) is 11.1 Å². The predicted octanol–water partition coefficient (Wildman–Crippen LogP) is 1.93. The highest BCUT2D eigenvalue weighted by Gasteiger charge is 2.16. The summed E-state index contributed by atoms with van der Waals surface area (Å²) in [5.41, 5.74) is 1.76. The number of rotatable bonds is 6. The Morgan fingerprint density at radius 2 is 2.05 bits per heavy atom. The van der Waals surface area contributed by atoms with Gasteiger partial charge in [-0.05, 0) is 44.5 Å². The normalized spacial score (nSPS) is 11.1. The van der Waals surface area contributed by atoms with E-state index in [2.05, 4.69) is 11.8 Å². The molecule has 0 bridgehead atoms. The smallest absolute Gasteiger partial charge is 0.155 e. The Morgan fingerprint density at radius 1 is 1.33 bits per heavy atom. The van der Waals surface area contributed by atoms with Gasteiger partial charge in [0.1, 0.15) is 12.4 Å². The molecule has 0 heterocycles. The van der Waals surface area contributed by atoms with Gasteiger partial charge in [0.15, 0.2) is 9.84 Å². The third kappa shape index (κ3) is 5.78. The molecular weight excluding hydrogens is 288 g/mol. The quantitative estimate of drug-likeness (QED) is 0.816.